The summed E-state index contributed by atoms with van der Waals surface area (Å²) in [7, 11) is 3.84. The van der Waals surface area contributed by atoms with Gasteiger partial charge in [-0.2, -0.15) is 0 Å². The first-order valence-electron chi connectivity index (χ1n) is 27.8. The molecular weight excluding hydrogens is 867 g/mol. The molecule has 1 saturated heterocycles. The van der Waals surface area contributed by atoms with Crippen LogP contribution in [0.25, 0.3) is 0 Å². The van der Waals surface area contributed by atoms with Gasteiger partial charge in [0.1, 0.15) is 12.7 Å². The Morgan fingerprint density at radius 1 is 0.441 bits per heavy atom. The second-order valence-corrected chi connectivity index (χ2v) is 19.8. The number of aliphatic hydroxyl groups excluding tert-OH is 1. The molecule has 1 N–H and O–H groups in total. The summed E-state index contributed by atoms with van der Waals surface area (Å²) in [5.74, 6) is -0.553. The summed E-state index contributed by atoms with van der Waals surface area (Å²) in [6, 6.07) is 0. The highest BCUT2D eigenvalue weighted by Crippen LogP contribution is 2.28. The molecule has 1 heterocycles. The van der Waals surface area contributed by atoms with E-state index in [1.54, 1.807) is 0 Å². The summed E-state index contributed by atoms with van der Waals surface area (Å²) in [5, 5.41) is 10.8. The van der Waals surface area contributed by atoms with E-state index in [2.05, 4.69) is 27.7 Å². The number of carbonyl (C=O) groups excluding carboxylic acids is 5. The highest BCUT2D eigenvalue weighted by atomic mass is 16.7. The average molecular weight is 968 g/mol. The first-order valence-corrected chi connectivity index (χ1v) is 27.8. The number of hydrogen-bond donors (Lipinski definition) is 1. The van der Waals surface area contributed by atoms with E-state index in [0.717, 1.165) is 64.2 Å². The fourth-order valence-electron chi connectivity index (χ4n) is 8.88. The molecular formula is C55H101NO12. The van der Waals surface area contributed by atoms with Crippen LogP contribution in [0, 0.1) is 11.8 Å². The van der Waals surface area contributed by atoms with E-state index in [-0.39, 0.29) is 37.8 Å². The summed E-state index contributed by atoms with van der Waals surface area (Å²) in [4.78, 5) is 65.3. The number of rotatable bonds is 46. The van der Waals surface area contributed by atoms with Crippen molar-refractivity contribution in [3.63, 3.8) is 0 Å². The Morgan fingerprint density at radius 2 is 0.794 bits per heavy atom. The Bertz CT molecular complexity index is 1260. The topological polar surface area (TPSA) is 164 Å². The molecule has 0 aromatic carbocycles. The number of unbranched alkanes of at least 4 members (excludes halogenated alkanes) is 16. The van der Waals surface area contributed by atoms with Crippen molar-refractivity contribution in [2.75, 3.05) is 40.5 Å². The molecule has 0 bridgehead atoms. The maximum atomic E-state index is 13.1. The third kappa shape index (κ3) is 34.5. The first kappa shape index (κ1) is 63.2. The molecule has 0 spiro atoms. The van der Waals surface area contributed by atoms with E-state index < -0.39 is 42.5 Å². The summed E-state index contributed by atoms with van der Waals surface area (Å²) >= 11 is 0. The largest absolute Gasteiger partial charge is 0.466 e. The van der Waals surface area contributed by atoms with Crippen LogP contribution in [0.3, 0.4) is 0 Å². The molecule has 0 radical (unpaired) electrons. The lowest BCUT2D eigenvalue weighted by Gasteiger charge is -2.23. The lowest BCUT2D eigenvalue weighted by molar-refractivity contribution is -0.177. The minimum Gasteiger partial charge on any atom is -0.466 e. The van der Waals surface area contributed by atoms with Crippen molar-refractivity contribution in [3.8, 4) is 0 Å². The quantitative estimate of drug-likeness (QED) is 0.0348. The van der Waals surface area contributed by atoms with Gasteiger partial charge >= 0.3 is 29.8 Å². The molecule has 0 aromatic rings. The van der Waals surface area contributed by atoms with Gasteiger partial charge in [-0.25, -0.2) is 0 Å². The van der Waals surface area contributed by atoms with Gasteiger partial charge in [0.2, 0.25) is 0 Å². The minimum atomic E-state index is -1.56. The van der Waals surface area contributed by atoms with Gasteiger partial charge in [-0.05, 0) is 77.4 Å². The van der Waals surface area contributed by atoms with Crippen LogP contribution in [0.15, 0.2) is 0 Å². The van der Waals surface area contributed by atoms with Crippen molar-refractivity contribution >= 4 is 29.8 Å². The number of nitrogens with zero attached hydrogens (tertiary/aromatic N) is 1. The SMILES string of the molecule is CCCCCC(CCCCC)CCOC(=O)CCCCCCCC(=O)OC1[C@H](O)O[C@H](COC(=O)CCCN(C)C)[C@@H]1OC(=O)CCCCCCCC(=O)OCCC(CCCCC)CCCCC. The van der Waals surface area contributed by atoms with Crippen LogP contribution in [0.4, 0.5) is 0 Å². The van der Waals surface area contributed by atoms with E-state index >= 15 is 0 Å². The number of ether oxygens (including phenoxy) is 6. The third-order valence-corrected chi connectivity index (χ3v) is 13.2. The van der Waals surface area contributed by atoms with Crippen LogP contribution in [-0.4, -0.2) is 105 Å². The molecule has 1 aliphatic rings. The smallest absolute Gasteiger partial charge is 0.306 e. The highest BCUT2D eigenvalue weighted by molar-refractivity contribution is 5.71. The summed E-state index contributed by atoms with van der Waals surface area (Å²) < 4.78 is 33.7. The molecule has 1 unspecified atom stereocenters. The minimum absolute atomic E-state index is 0.103. The van der Waals surface area contributed by atoms with Crippen LogP contribution in [-0.2, 0) is 52.4 Å². The number of hydrogen-bond acceptors (Lipinski definition) is 13. The number of aliphatic hydroxyl groups is 1. The monoisotopic (exact) mass is 968 g/mol. The summed E-state index contributed by atoms with van der Waals surface area (Å²) in [6.07, 6.45) is 25.9. The van der Waals surface area contributed by atoms with Gasteiger partial charge in [-0.1, -0.05) is 169 Å². The standard InChI is InChI=1S/C55H101NO12/c1-7-11-21-30-45(31-22-12-8-2)39-42-63-48(57)34-25-17-15-19-27-36-51(60)67-53-47(44-65-50(59)38-29-41-56(5)6)66-55(62)54(53)68-52(61)37-28-20-16-18-26-35-49(58)64-43-40-46(32-23-13-9-3)33-24-14-10-4/h45-47,53-55,62H,7-44H2,1-6H3/t47-,53+,54?,55-/m1/s1. The molecule has 0 saturated carbocycles. The van der Waals surface area contributed by atoms with Gasteiger partial charge in [0.05, 0.1) is 13.2 Å². The van der Waals surface area contributed by atoms with Crippen molar-refractivity contribution in [1.82, 2.24) is 4.90 Å². The Labute approximate surface area is 413 Å². The van der Waals surface area contributed by atoms with E-state index in [9.17, 15) is 29.1 Å². The van der Waals surface area contributed by atoms with Gasteiger partial charge in [-0.15, -0.1) is 0 Å². The molecule has 1 fully saturated rings. The molecule has 0 aromatic heterocycles. The maximum absolute atomic E-state index is 13.1. The molecule has 1 aliphatic heterocycles. The number of esters is 5. The van der Waals surface area contributed by atoms with Gasteiger partial charge in [0.25, 0.3) is 0 Å². The predicted molar refractivity (Wildman–Crippen MR) is 269 cm³/mol. The van der Waals surface area contributed by atoms with Crippen molar-refractivity contribution in [2.24, 2.45) is 11.8 Å². The van der Waals surface area contributed by atoms with Crippen molar-refractivity contribution in [2.45, 2.75) is 271 Å². The fraction of sp³-hybridized carbons (Fsp3) is 0.909. The lowest BCUT2D eigenvalue weighted by atomic mass is 9.92. The highest BCUT2D eigenvalue weighted by Gasteiger charge is 2.49. The molecule has 0 amide bonds. The van der Waals surface area contributed by atoms with Gasteiger partial charge < -0.3 is 38.4 Å². The second kappa shape index (κ2) is 43.1. The molecule has 398 valence electrons. The van der Waals surface area contributed by atoms with Crippen molar-refractivity contribution < 1.29 is 57.5 Å². The maximum Gasteiger partial charge on any atom is 0.306 e. The lowest BCUT2D eigenvalue weighted by Crippen LogP contribution is -2.42. The van der Waals surface area contributed by atoms with E-state index in [1.807, 2.05) is 19.0 Å². The Hall–Kier alpha value is -2.77. The van der Waals surface area contributed by atoms with E-state index in [0.29, 0.717) is 63.7 Å². The van der Waals surface area contributed by atoms with Crippen LogP contribution in [0.5, 0.6) is 0 Å². The van der Waals surface area contributed by atoms with Gasteiger partial charge in [-0.3, -0.25) is 24.0 Å². The van der Waals surface area contributed by atoms with Crippen molar-refractivity contribution in [3.05, 3.63) is 0 Å². The van der Waals surface area contributed by atoms with Crippen molar-refractivity contribution in [1.29, 1.82) is 0 Å². The normalized spacial score (nSPS) is 17.0. The van der Waals surface area contributed by atoms with Crippen LogP contribution >= 0.6 is 0 Å². The van der Waals surface area contributed by atoms with Gasteiger partial charge in [0.15, 0.2) is 18.5 Å². The number of carbonyl (C=O) groups is 5. The Morgan fingerprint density at radius 3 is 1.19 bits per heavy atom. The van der Waals surface area contributed by atoms with Crippen LogP contribution in [0.2, 0.25) is 0 Å². The van der Waals surface area contributed by atoms with Gasteiger partial charge in [0, 0.05) is 32.1 Å². The zero-order valence-corrected chi connectivity index (χ0v) is 44.2. The van der Waals surface area contributed by atoms with E-state index in [1.165, 1.54) is 103 Å². The summed E-state index contributed by atoms with van der Waals surface area (Å²) in [6.45, 7) is 10.3. The zero-order chi connectivity index (χ0) is 50.0. The molecule has 4 atom stereocenters. The van der Waals surface area contributed by atoms with Crippen LogP contribution < -0.4 is 0 Å². The van der Waals surface area contributed by atoms with E-state index in [4.69, 9.17) is 28.4 Å². The fourth-order valence-corrected chi connectivity index (χ4v) is 8.88. The van der Waals surface area contributed by atoms with Crippen LogP contribution in [0.1, 0.15) is 246 Å². The predicted octanol–water partition coefficient (Wildman–Crippen LogP) is 12.3. The second-order valence-electron chi connectivity index (χ2n) is 19.8. The molecule has 13 nitrogen and oxygen atoms in total. The molecule has 68 heavy (non-hydrogen) atoms. The summed E-state index contributed by atoms with van der Waals surface area (Å²) in [5.41, 5.74) is 0. The molecule has 1 rings (SSSR count). The average Bonchev–Trinajstić information content (AvgIpc) is 3.59. The molecule has 13 heteroatoms. The molecule has 0 aliphatic carbocycles. The Balaban J connectivity index is 2.50. The zero-order valence-electron chi connectivity index (χ0n) is 44.2. The first-order chi connectivity index (χ1) is 32.9. The Kier molecular flexibility index (Phi) is 40.0. The third-order valence-electron chi connectivity index (χ3n) is 13.2.